The van der Waals surface area contributed by atoms with Gasteiger partial charge in [-0.2, -0.15) is 10.5 Å². The van der Waals surface area contributed by atoms with E-state index in [9.17, 15) is 20.1 Å². The Morgan fingerprint density at radius 1 is 1.17 bits per heavy atom. The first-order chi connectivity index (χ1) is 19.8. The maximum absolute atomic E-state index is 12.4. The van der Waals surface area contributed by atoms with Crippen LogP contribution in [0.1, 0.15) is 57.6 Å². The number of nitrogens with zero attached hydrogens (tertiary/aromatic N) is 7. The van der Waals surface area contributed by atoms with Crippen LogP contribution in [0, 0.1) is 22.7 Å². The molecule has 1 saturated heterocycles. The molecule has 1 unspecified atom stereocenters. The predicted octanol–water partition coefficient (Wildman–Crippen LogP) is 2.72. The van der Waals surface area contributed by atoms with E-state index in [-0.39, 0.29) is 17.2 Å². The van der Waals surface area contributed by atoms with Gasteiger partial charge in [-0.15, -0.1) is 0 Å². The Balaban J connectivity index is 1.60. The normalized spacial score (nSPS) is 14.0. The minimum Gasteiger partial charge on any atom is -0.368 e. The number of hydrogen-bond acceptors (Lipinski definition) is 11. The summed E-state index contributed by atoms with van der Waals surface area (Å²) in [5, 5.41) is 28.6. The first-order valence-corrected chi connectivity index (χ1v) is 13.8. The Labute approximate surface area is 241 Å². The predicted molar refractivity (Wildman–Crippen MR) is 152 cm³/mol. The van der Waals surface area contributed by atoms with Gasteiger partial charge in [-0.05, 0) is 30.4 Å². The summed E-state index contributed by atoms with van der Waals surface area (Å²) in [7, 11) is 1.87. The lowest BCUT2D eigenvalue weighted by Gasteiger charge is -2.38. The molecule has 0 saturated carbocycles. The van der Waals surface area contributed by atoms with Gasteiger partial charge < -0.3 is 15.5 Å². The van der Waals surface area contributed by atoms with Gasteiger partial charge in [0.2, 0.25) is 11.9 Å². The monoisotopic (exact) mass is 571 g/mol. The van der Waals surface area contributed by atoms with Gasteiger partial charge in [-0.3, -0.25) is 14.8 Å². The fourth-order valence-electron chi connectivity index (χ4n) is 4.84. The van der Waals surface area contributed by atoms with Gasteiger partial charge in [-0.1, -0.05) is 49.0 Å². The SMILES string of the molecule is CCc1c(C#N)c(SC(C(N)=O)c2ccccc2)nc(N2CCC(N(C)c3ncc(C(=O)NO)cn3)CC2)c1C#N. The molecule has 0 spiro atoms. The summed E-state index contributed by atoms with van der Waals surface area (Å²) in [6.45, 7) is 3.05. The van der Waals surface area contributed by atoms with E-state index in [1.54, 1.807) is 17.6 Å². The van der Waals surface area contributed by atoms with E-state index in [4.69, 9.17) is 15.9 Å². The molecule has 1 fully saturated rings. The average molecular weight is 572 g/mol. The Kier molecular flexibility index (Phi) is 9.34. The van der Waals surface area contributed by atoms with E-state index in [0.29, 0.717) is 65.8 Å². The largest absolute Gasteiger partial charge is 0.368 e. The molecule has 210 valence electrons. The molecule has 13 heteroatoms. The number of carbonyl (C=O) groups excluding carboxylic acids is 2. The highest BCUT2D eigenvalue weighted by Gasteiger charge is 2.30. The maximum atomic E-state index is 12.4. The van der Waals surface area contributed by atoms with Gasteiger partial charge >= 0.3 is 0 Å². The third kappa shape index (κ3) is 6.22. The number of pyridine rings is 1. The van der Waals surface area contributed by atoms with Crippen molar-refractivity contribution in [2.45, 2.75) is 42.5 Å². The van der Waals surface area contributed by atoms with Crippen molar-refractivity contribution in [2.75, 3.05) is 29.9 Å². The molecule has 1 aliphatic rings. The van der Waals surface area contributed by atoms with Crippen LogP contribution in [0.4, 0.5) is 11.8 Å². The molecular weight excluding hydrogens is 542 g/mol. The molecular formula is C28H29N9O3S. The van der Waals surface area contributed by atoms with Crippen molar-refractivity contribution in [2.24, 2.45) is 5.73 Å². The number of anilines is 2. The second kappa shape index (κ2) is 13.1. The van der Waals surface area contributed by atoms with Crippen LogP contribution in [0.3, 0.4) is 0 Å². The van der Waals surface area contributed by atoms with Gasteiger partial charge in [-0.25, -0.2) is 20.4 Å². The minimum atomic E-state index is -0.754. The molecule has 0 aliphatic carbocycles. The van der Waals surface area contributed by atoms with Crippen molar-refractivity contribution >= 4 is 35.3 Å². The van der Waals surface area contributed by atoms with Crippen LogP contribution in [0.15, 0.2) is 47.8 Å². The number of piperidine rings is 1. The van der Waals surface area contributed by atoms with Crippen LogP contribution in [0.5, 0.6) is 0 Å². The number of nitrogens with one attached hydrogen (secondary N) is 1. The van der Waals surface area contributed by atoms with Crippen LogP contribution >= 0.6 is 11.8 Å². The van der Waals surface area contributed by atoms with Crippen molar-refractivity contribution in [3.63, 3.8) is 0 Å². The number of hydroxylamine groups is 1. The first kappa shape index (κ1) is 29.3. The summed E-state index contributed by atoms with van der Waals surface area (Å²) in [6.07, 6.45) is 4.56. The minimum absolute atomic E-state index is 0.0875. The number of rotatable bonds is 9. The van der Waals surface area contributed by atoms with Gasteiger partial charge in [0.05, 0.1) is 16.7 Å². The second-order valence-electron chi connectivity index (χ2n) is 9.40. The van der Waals surface area contributed by atoms with Crippen molar-refractivity contribution in [3.8, 4) is 12.1 Å². The van der Waals surface area contributed by atoms with Gasteiger partial charge in [0.1, 0.15) is 28.2 Å². The molecule has 1 atom stereocenters. The Bertz CT molecular complexity index is 1500. The Hall–Kier alpha value is -4.72. The number of carbonyl (C=O) groups is 2. The number of hydrogen-bond donors (Lipinski definition) is 3. The van der Waals surface area contributed by atoms with Crippen molar-refractivity contribution in [1.29, 1.82) is 10.5 Å². The fourth-order valence-corrected chi connectivity index (χ4v) is 5.90. The molecule has 3 aromatic rings. The molecule has 2 amide bonds. The van der Waals surface area contributed by atoms with E-state index >= 15 is 0 Å². The van der Waals surface area contributed by atoms with Crippen LogP contribution in [0.2, 0.25) is 0 Å². The van der Waals surface area contributed by atoms with E-state index in [1.165, 1.54) is 12.4 Å². The fraction of sp³-hybridized carbons (Fsp3) is 0.321. The number of nitrogens with two attached hydrogens (primary N) is 1. The number of benzene rings is 1. The molecule has 0 radical (unpaired) electrons. The molecule has 1 aromatic carbocycles. The third-order valence-corrected chi connectivity index (χ3v) is 8.30. The molecule has 3 heterocycles. The highest BCUT2D eigenvalue weighted by molar-refractivity contribution is 8.00. The summed E-state index contributed by atoms with van der Waals surface area (Å²) in [4.78, 5) is 41.3. The smallest absolute Gasteiger partial charge is 0.277 e. The zero-order valence-electron chi connectivity index (χ0n) is 22.6. The maximum Gasteiger partial charge on any atom is 0.277 e. The van der Waals surface area contributed by atoms with Crippen molar-refractivity contribution in [3.05, 3.63) is 70.5 Å². The highest BCUT2D eigenvalue weighted by Crippen LogP contribution is 2.40. The molecule has 41 heavy (non-hydrogen) atoms. The first-order valence-electron chi connectivity index (χ1n) is 12.9. The number of amides is 2. The van der Waals surface area contributed by atoms with Crippen LogP contribution < -0.4 is 21.0 Å². The lowest BCUT2D eigenvalue weighted by molar-refractivity contribution is -0.117. The summed E-state index contributed by atoms with van der Waals surface area (Å²) in [6, 6.07) is 13.6. The standard InChI is InChI=1S/C28H29N9O3S/c1-3-20-21(13-29)25(34-27(22(20)14-30)41-23(24(31)38)17-7-5-4-6-8-17)37-11-9-19(10-12-37)36(2)28-32-15-18(16-33-28)26(39)35-40/h4-8,15-16,19,23,40H,3,9-12H2,1-2H3,(H2,31,38)(H,35,39). The Morgan fingerprint density at radius 3 is 2.34 bits per heavy atom. The lowest BCUT2D eigenvalue weighted by Crippen LogP contribution is -2.44. The van der Waals surface area contributed by atoms with Gasteiger partial charge in [0, 0.05) is 38.6 Å². The number of aromatic nitrogens is 3. The van der Waals surface area contributed by atoms with Gasteiger partial charge in [0.25, 0.3) is 5.91 Å². The quantitative estimate of drug-likeness (QED) is 0.195. The van der Waals surface area contributed by atoms with Gasteiger partial charge in [0.15, 0.2) is 0 Å². The second-order valence-corrected chi connectivity index (χ2v) is 10.5. The highest BCUT2D eigenvalue weighted by atomic mass is 32.2. The van der Waals surface area contributed by atoms with Crippen molar-refractivity contribution in [1.82, 2.24) is 20.4 Å². The van der Waals surface area contributed by atoms with E-state index < -0.39 is 17.1 Å². The zero-order chi connectivity index (χ0) is 29.5. The lowest BCUT2D eigenvalue weighted by atomic mass is 9.99. The summed E-state index contributed by atoms with van der Waals surface area (Å²) >= 11 is 1.12. The summed E-state index contributed by atoms with van der Waals surface area (Å²) in [5.74, 6) is -0.311. The average Bonchev–Trinajstić information content (AvgIpc) is 3.02. The van der Waals surface area contributed by atoms with Crippen molar-refractivity contribution < 1.29 is 14.8 Å². The number of nitriles is 2. The summed E-state index contributed by atoms with van der Waals surface area (Å²) in [5.41, 5.74) is 9.40. The third-order valence-electron chi connectivity index (χ3n) is 7.05. The molecule has 1 aliphatic heterocycles. The van der Waals surface area contributed by atoms with Crippen LogP contribution in [-0.2, 0) is 11.2 Å². The van der Waals surface area contributed by atoms with E-state index in [0.717, 1.165) is 11.8 Å². The summed E-state index contributed by atoms with van der Waals surface area (Å²) < 4.78 is 0. The van der Waals surface area contributed by atoms with Crippen LogP contribution in [-0.4, -0.2) is 58.2 Å². The molecule has 4 rings (SSSR count). The molecule has 0 bridgehead atoms. The molecule has 12 nitrogen and oxygen atoms in total. The number of primary amides is 1. The van der Waals surface area contributed by atoms with E-state index in [1.807, 2.05) is 42.0 Å². The molecule has 4 N–H and O–H groups in total. The Morgan fingerprint density at radius 2 is 1.80 bits per heavy atom. The van der Waals surface area contributed by atoms with Crippen LogP contribution in [0.25, 0.3) is 0 Å². The zero-order valence-corrected chi connectivity index (χ0v) is 23.4. The topological polar surface area (TPSA) is 185 Å². The molecule has 2 aromatic heterocycles. The van der Waals surface area contributed by atoms with E-state index in [2.05, 4.69) is 22.1 Å². The number of thioether (sulfide) groups is 1.